The van der Waals surface area contributed by atoms with Gasteiger partial charge in [-0.3, -0.25) is 4.79 Å². The second-order valence-corrected chi connectivity index (χ2v) is 8.51. The standard InChI is InChI=1S/C27H19ClFN5O/c28-23-4-2-1-3-17(23)15-25(35)34-12-10-18-13-19(14-20(16-30)26(18)34)24-9-11-31-27(33-24)32-22-7-5-21(29)6-8-22/h1-9,11,13-14H,10,12,15H2,(H,31,32,33). The fraction of sp³-hybridized carbons (Fsp3) is 0.111. The van der Waals surface area contributed by atoms with Gasteiger partial charge in [0.1, 0.15) is 11.9 Å². The van der Waals surface area contributed by atoms with Crippen molar-refractivity contribution in [3.8, 4) is 17.3 Å². The molecular weight excluding hydrogens is 465 g/mol. The van der Waals surface area contributed by atoms with Crippen LogP contribution in [0.15, 0.2) is 72.9 Å². The van der Waals surface area contributed by atoms with Crippen LogP contribution in [0.25, 0.3) is 11.3 Å². The van der Waals surface area contributed by atoms with E-state index in [0.29, 0.717) is 46.6 Å². The number of halogens is 2. The first kappa shape index (κ1) is 22.5. The van der Waals surface area contributed by atoms with Crippen LogP contribution in [0.4, 0.5) is 21.7 Å². The molecule has 2 heterocycles. The van der Waals surface area contributed by atoms with Crippen LogP contribution in [-0.4, -0.2) is 22.4 Å². The highest BCUT2D eigenvalue weighted by Crippen LogP contribution is 2.36. The molecule has 35 heavy (non-hydrogen) atoms. The van der Waals surface area contributed by atoms with Gasteiger partial charge in [0.25, 0.3) is 0 Å². The van der Waals surface area contributed by atoms with E-state index in [1.54, 1.807) is 41.4 Å². The SMILES string of the molecule is N#Cc1cc(-c2ccnc(Nc3ccc(F)cc3)n2)cc2c1N(C(=O)Cc1ccccc1Cl)CC2. The van der Waals surface area contributed by atoms with Crippen LogP contribution in [0.3, 0.4) is 0 Å². The Balaban J connectivity index is 1.43. The third kappa shape index (κ3) is 4.70. The first-order chi connectivity index (χ1) is 17.0. The Morgan fingerprint density at radius 1 is 1.14 bits per heavy atom. The molecule has 1 aliphatic heterocycles. The lowest BCUT2D eigenvalue weighted by Crippen LogP contribution is -2.31. The van der Waals surface area contributed by atoms with Gasteiger partial charge in [0.15, 0.2) is 0 Å². The van der Waals surface area contributed by atoms with E-state index >= 15 is 0 Å². The van der Waals surface area contributed by atoms with Gasteiger partial charge in [-0.2, -0.15) is 5.26 Å². The number of hydrogen-bond acceptors (Lipinski definition) is 5. The normalized spacial score (nSPS) is 12.2. The number of aromatic nitrogens is 2. The maximum Gasteiger partial charge on any atom is 0.231 e. The first-order valence-corrected chi connectivity index (χ1v) is 11.4. The highest BCUT2D eigenvalue weighted by molar-refractivity contribution is 6.31. The van der Waals surface area contributed by atoms with Crippen LogP contribution in [0.1, 0.15) is 16.7 Å². The highest BCUT2D eigenvalue weighted by Gasteiger charge is 2.29. The van der Waals surface area contributed by atoms with E-state index in [1.165, 1.54) is 12.1 Å². The summed E-state index contributed by atoms with van der Waals surface area (Å²) in [7, 11) is 0. The third-order valence-corrected chi connectivity index (χ3v) is 6.20. The molecule has 0 bridgehead atoms. The van der Waals surface area contributed by atoms with Crippen molar-refractivity contribution in [2.24, 2.45) is 0 Å². The number of carbonyl (C=O) groups is 1. The smallest absolute Gasteiger partial charge is 0.231 e. The lowest BCUT2D eigenvalue weighted by Gasteiger charge is -2.19. The molecule has 0 radical (unpaired) electrons. The number of fused-ring (bicyclic) bond motifs is 1. The molecule has 0 aliphatic carbocycles. The molecule has 172 valence electrons. The van der Waals surface area contributed by atoms with E-state index in [-0.39, 0.29) is 18.1 Å². The van der Waals surface area contributed by atoms with Crippen LogP contribution < -0.4 is 10.2 Å². The molecule has 8 heteroatoms. The number of rotatable bonds is 5. The fourth-order valence-electron chi connectivity index (χ4n) is 4.17. The summed E-state index contributed by atoms with van der Waals surface area (Å²) in [6.07, 6.45) is 2.42. The molecule has 0 atom stereocenters. The maximum absolute atomic E-state index is 13.2. The summed E-state index contributed by atoms with van der Waals surface area (Å²) in [6, 6.07) is 20.9. The highest BCUT2D eigenvalue weighted by atomic mass is 35.5. The summed E-state index contributed by atoms with van der Waals surface area (Å²) in [6.45, 7) is 0.498. The molecule has 6 nitrogen and oxygen atoms in total. The number of nitrogens with zero attached hydrogens (tertiary/aromatic N) is 4. The largest absolute Gasteiger partial charge is 0.324 e. The molecular formula is C27H19ClFN5O. The Hall–Kier alpha value is -4.28. The van der Waals surface area contributed by atoms with Gasteiger partial charge in [-0.15, -0.1) is 0 Å². The zero-order valence-electron chi connectivity index (χ0n) is 18.5. The minimum Gasteiger partial charge on any atom is -0.324 e. The Morgan fingerprint density at radius 3 is 2.71 bits per heavy atom. The van der Waals surface area contributed by atoms with E-state index < -0.39 is 0 Å². The van der Waals surface area contributed by atoms with Crippen LogP contribution in [-0.2, 0) is 17.6 Å². The zero-order valence-corrected chi connectivity index (χ0v) is 19.3. The summed E-state index contributed by atoms with van der Waals surface area (Å²) in [5.41, 5.74) is 4.77. The van der Waals surface area contributed by atoms with E-state index in [9.17, 15) is 14.4 Å². The molecule has 5 rings (SSSR count). The van der Waals surface area contributed by atoms with Gasteiger partial charge in [0.05, 0.1) is 23.4 Å². The molecule has 1 aromatic heterocycles. The first-order valence-electron chi connectivity index (χ1n) is 11.0. The van der Waals surface area contributed by atoms with Gasteiger partial charge in [-0.25, -0.2) is 14.4 Å². The second-order valence-electron chi connectivity index (χ2n) is 8.10. The lowest BCUT2D eigenvalue weighted by molar-refractivity contribution is -0.117. The Bertz CT molecular complexity index is 1470. The van der Waals surface area contributed by atoms with E-state index in [2.05, 4.69) is 21.4 Å². The summed E-state index contributed by atoms with van der Waals surface area (Å²) in [5, 5.41) is 13.5. The van der Waals surface area contributed by atoms with Crippen LogP contribution in [0.5, 0.6) is 0 Å². The zero-order chi connectivity index (χ0) is 24.4. The van der Waals surface area contributed by atoms with Crippen LogP contribution in [0, 0.1) is 17.1 Å². The number of carbonyl (C=O) groups excluding carboxylic acids is 1. The predicted molar refractivity (Wildman–Crippen MR) is 133 cm³/mol. The number of anilines is 3. The van der Waals surface area contributed by atoms with Crippen molar-refractivity contribution in [3.05, 3.63) is 100 Å². The van der Waals surface area contributed by atoms with Crippen molar-refractivity contribution in [1.82, 2.24) is 9.97 Å². The topological polar surface area (TPSA) is 81.9 Å². The summed E-state index contributed by atoms with van der Waals surface area (Å²) >= 11 is 6.24. The van der Waals surface area contributed by atoms with Gasteiger partial charge in [-0.05, 0) is 66.1 Å². The molecule has 1 amide bonds. The van der Waals surface area contributed by atoms with Crippen molar-refractivity contribution in [2.75, 3.05) is 16.8 Å². The second kappa shape index (κ2) is 9.53. The number of hydrogen-bond donors (Lipinski definition) is 1. The minimum absolute atomic E-state index is 0.103. The molecule has 3 aromatic carbocycles. The van der Waals surface area contributed by atoms with Gasteiger partial charge >= 0.3 is 0 Å². The molecule has 0 saturated carbocycles. The van der Waals surface area contributed by atoms with E-state index in [0.717, 1.165) is 16.7 Å². The number of benzene rings is 3. The third-order valence-electron chi connectivity index (χ3n) is 5.84. The van der Waals surface area contributed by atoms with E-state index in [1.807, 2.05) is 24.3 Å². The molecule has 0 spiro atoms. The van der Waals surface area contributed by atoms with Crippen LogP contribution >= 0.6 is 11.6 Å². The minimum atomic E-state index is -0.327. The maximum atomic E-state index is 13.2. The Labute approximate surface area is 206 Å². The van der Waals surface area contributed by atoms with Crippen molar-refractivity contribution >= 4 is 34.8 Å². The quantitative estimate of drug-likeness (QED) is 0.394. The van der Waals surface area contributed by atoms with Crippen molar-refractivity contribution in [3.63, 3.8) is 0 Å². The number of nitriles is 1. The van der Waals surface area contributed by atoms with Gasteiger partial charge in [0.2, 0.25) is 11.9 Å². The van der Waals surface area contributed by atoms with Gasteiger partial charge in [0, 0.05) is 29.0 Å². The number of amides is 1. The van der Waals surface area contributed by atoms with Gasteiger partial charge in [-0.1, -0.05) is 29.8 Å². The molecule has 0 fully saturated rings. The van der Waals surface area contributed by atoms with Crippen molar-refractivity contribution < 1.29 is 9.18 Å². The Morgan fingerprint density at radius 2 is 1.94 bits per heavy atom. The summed E-state index contributed by atoms with van der Waals surface area (Å²) in [4.78, 5) is 23.6. The molecule has 0 saturated heterocycles. The average molecular weight is 484 g/mol. The lowest BCUT2D eigenvalue weighted by atomic mass is 10.0. The van der Waals surface area contributed by atoms with Crippen LogP contribution in [0.2, 0.25) is 5.02 Å². The molecule has 1 aliphatic rings. The summed E-state index contributed by atoms with van der Waals surface area (Å²) < 4.78 is 13.2. The fourth-order valence-corrected chi connectivity index (χ4v) is 4.38. The number of nitrogens with one attached hydrogen (secondary N) is 1. The average Bonchev–Trinajstić information content (AvgIpc) is 3.31. The Kier molecular flexibility index (Phi) is 6.13. The van der Waals surface area contributed by atoms with Crippen molar-refractivity contribution in [2.45, 2.75) is 12.8 Å². The van der Waals surface area contributed by atoms with Gasteiger partial charge < -0.3 is 10.2 Å². The monoisotopic (exact) mass is 483 g/mol. The summed E-state index contributed by atoms with van der Waals surface area (Å²) in [5.74, 6) is -0.0784. The predicted octanol–water partition coefficient (Wildman–Crippen LogP) is 5.68. The molecule has 4 aromatic rings. The van der Waals surface area contributed by atoms with E-state index in [4.69, 9.17) is 11.6 Å². The molecule has 0 unspecified atom stereocenters. The molecule has 1 N–H and O–H groups in total. The van der Waals surface area contributed by atoms with Crippen molar-refractivity contribution in [1.29, 1.82) is 5.26 Å².